The summed E-state index contributed by atoms with van der Waals surface area (Å²) >= 11 is 2.73. The van der Waals surface area contributed by atoms with E-state index in [9.17, 15) is 14.4 Å². The number of carbonyl (C=O) groups excluding carboxylic acids is 3. The van der Waals surface area contributed by atoms with Crippen molar-refractivity contribution >= 4 is 40.9 Å². The number of nitrogens with zero attached hydrogens (tertiary/aromatic N) is 3. The molecule has 4 rings (SSSR count). The van der Waals surface area contributed by atoms with Gasteiger partial charge in [-0.15, -0.1) is 21.5 Å². The summed E-state index contributed by atoms with van der Waals surface area (Å²) in [6, 6.07) is 1.48. The first kappa shape index (κ1) is 20.9. The summed E-state index contributed by atoms with van der Waals surface area (Å²) < 4.78 is 5.70. The van der Waals surface area contributed by atoms with Crippen molar-refractivity contribution in [3.63, 3.8) is 0 Å². The molecular weight excluding hydrogens is 426 g/mol. The normalized spacial score (nSPS) is 23.4. The fourth-order valence-electron chi connectivity index (χ4n) is 3.49. The molecule has 0 spiro atoms. The van der Waals surface area contributed by atoms with Crippen molar-refractivity contribution in [3.05, 3.63) is 16.5 Å². The number of hydrogen-bond donors (Lipinski definition) is 2. The summed E-state index contributed by atoms with van der Waals surface area (Å²) in [7, 11) is 0. The minimum absolute atomic E-state index is 0.0695. The number of aryl methyl sites for hydroxylation is 1. The van der Waals surface area contributed by atoms with Gasteiger partial charge in [0.1, 0.15) is 5.54 Å². The predicted molar refractivity (Wildman–Crippen MR) is 112 cm³/mol. The number of imide groups is 1. The SMILES string of the molecule is CC[C@]1(C)NC(=O)N(NC(=O)CSc2nnc(-c3cc4c(s3)CC[C@@H](C)C4)o2)C1=O. The van der Waals surface area contributed by atoms with Crippen LogP contribution < -0.4 is 10.7 Å². The number of amides is 4. The maximum atomic E-state index is 12.3. The zero-order valence-corrected chi connectivity index (χ0v) is 18.6. The topological polar surface area (TPSA) is 117 Å². The molecule has 0 aromatic carbocycles. The number of urea groups is 1. The second kappa shape index (κ2) is 8.03. The monoisotopic (exact) mass is 449 g/mol. The Morgan fingerprint density at radius 2 is 2.27 bits per heavy atom. The number of rotatable bonds is 6. The molecule has 2 N–H and O–H groups in total. The fraction of sp³-hybridized carbons (Fsp3) is 0.526. The van der Waals surface area contributed by atoms with E-state index in [1.807, 2.05) is 0 Å². The first-order chi connectivity index (χ1) is 14.3. The molecular formula is C19H23N5O4S2. The summed E-state index contributed by atoms with van der Waals surface area (Å²) in [5.41, 5.74) is 2.69. The van der Waals surface area contributed by atoms with Gasteiger partial charge < -0.3 is 9.73 Å². The minimum Gasteiger partial charge on any atom is -0.410 e. The Labute approximate surface area is 182 Å². The number of carbonyl (C=O) groups is 3. The van der Waals surface area contributed by atoms with Crippen molar-refractivity contribution in [2.75, 3.05) is 5.75 Å². The van der Waals surface area contributed by atoms with E-state index in [0.717, 1.165) is 34.5 Å². The second-order valence-electron chi connectivity index (χ2n) is 7.86. The molecule has 2 aromatic heterocycles. The molecule has 1 aliphatic carbocycles. The van der Waals surface area contributed by atoms with E-state index in [1.54, 1.807) is 25.2 Å². The number of nitrogens with one attached hydrogen (secondary N) is 2. The van der Waals surface area contributed by atoms with Gasteiger partial charge in [-0.2, -0.15) is 5.01 Å². The number of hydrogen-bond acceptors (Lipinski definition) is 8. The van der Waals surface area contributed by atoms with Crippen LogP contribution in [0.4, 0.5) is 4.79 Å². The van der Waals surface area contributed by atoms with E-state index in [-0.39, 0.29) is 11.0 Å². The standard InChI is InChI=1S/C19H23N5O4S2/c1-4-19(3)16(26)24(17(27)20-19)23-14(25)9-29-18-22-21-15(28-18)13-8-11-7-10(2)5-6-12(11)30-13/h8,10H,4-7,9H2,1-3H3,(H,20,27)(H,23,25)/t10-,19+/m1/s1. The van der Waals surface area contributed by atoms with Crippen molar-refractivity contribution in [2.24, 2.45) is 5.92 Å². The van der Waals surface area contributed by atoms with E-state index in [4.69, 9.17) is 4.42 Å². The van der Waals surface area contributed by atoms with Gasteiger partial charge in [0.05, 0.1) is 10.6 Å². The van der Waals surface area contributed by atoms with Gasteiger partial charge in [0.2, 0.25) is 5.91 Å². The van der Waals surface area contributed by atoms with E-state index in [0.29, 0.717) is 18.2 Å². The highest BCUT2D eigenvalue weighted by Gasteiger charge is 2.47. The summed E-state index contributed by atoms with van der Waals surface area (Å²) in [4.78, 5) is 38.8. The Bertz CT molecular complexity index is 1000. The largest absolute Gasteiger partial charge is 0.410 e. The average Bonchev–Trinajstić information content (AvgIpc) is 3.40. The van der Waals surface area contributed by atoms with Gasteiger partial charge in [-0.3, -0.25) is 15.0 Å². The highest BCUT2D eigenvalue weighted by molar-refractivity contribution is 7.99. The molecule has 160 valence electrons. The molecule has 2 aromatic rings. The number of aromatic nitrogens is 2. The number of thioether (sulfide) groups is 1. The lowest BCUT2D eigenvalue weighted by atomic mass is 9.90. The van der Waals surface area contributed by atoms with Gasteiger partial charge in [0, 0.05) is 4.88 Å². The van der Waals surface area contributed by atoms with Crippen LogP contribution in [0.25, 0.3) is 10.8 Å². The molecule has 0 bridgehead atoms. The molecule has 11 heteroatoms. The minimum atomic E-state index is -1.00. The lowest BCUT2D eigenvalue weighted by Crippen LogP contribution is -2.49. The Morgan fingerprint density at radius 3 is 3.00 bits per heavy atom. The van der Waals surface area contributed by atoms with Crippen molar-refractivity contribution in [1.82, 2.24) is 25.9 Å². The lowest BCUT2D eigenvalue weighted by molar-refractivity contribution is -0.137. The van der Waals surface area contributed by atoms with Gasteiger partial charge in [0.25, 0.3) is 17.0 Å². The van der Waals surface area contributed by atoms with Gasteiger partial charge in [-0.1, -0.05) is 25.6 Å². The van der Waals surface area contributed by atoms with Crippen LogP contribution in [0.2, 0.25) is 0 Å². The summed E-state index contributed by atoms with van der Waals surface area (Å²) in [5.74, 6) is 0.0679. The van der Waals surface area contributed by atoms with Gasteiger partial charge in [0.15, 0.2) is 0 Å². The third-order valence-electron chi connectivity index (χ3n) is 5.48. The number of fused-ring (bicyclic) bond motifs is 1. The number of thiophene rings is 1. The maximum Gasteiger partial charge on any atom is 0.344 e. The first-order valence-electron chi connectivity index (χ1n) is 9.83. The molecule has 0 radical (unpaired) electrons. The van der Waals surface area contributed by atoms with E-state index < -0.39 is 23.4 Å². The van der Waals surface area contributed by atoms with Crippen LogP contribution in [0.3, 0.4) is 0 Å². The van der Waals surface area contributed by atoms with Crippen LogP contribution in [0.5, 0.6) is 0 Å². The third kappa shape index (κ3) is 3.95. The van der Waals surface area contributed by atoms with Crippen LogP contribution in [0.1, 0.15) is 44.1 Å². The molecule has 4 amide bonds. The Balaban J connectivity index is 1.34. The molecule has 30 heavy (non-hydrogen) atoms. The quantitative estimate of drug-likeness (QED) is 0.514. The van der Waals surface area contributed by atoms with Crippen LogP contribution in [-0.2, 0) is 22.4 Å². The zero-order chi connectivity index (χ0) is 21.5. The van der Waals surface area contributed by atoms with E-state index in [1.165, 1.54) is 16.9 Å². The molecule has 0 saturated carbocycles. The molecule has 2 atom stereocenters. The van der Waals surface area contributed by atoms with Crippen LogP contribution in [0.15, 0.2) is 15.7 Å². The molecule has 0 unspecified atom stereocenters. The Morgan fingerprint density at radius 1 is 1.47 bits per heavy atom. The van der Waals surface area contributed by atoms with Crippen LogP contribution >= 0.6 is 23.1 Å². The highest BCUT2D eigenvalue weighted by Crippen LogP contribution is 2.37. The van der Waals surface area contributed by atoms with Crippen molar-refractivity contribution < 1.29 is 18.8 Å². The molecule has 9 nitrogen and oxygen atoms in total. The van der Waals surface area contributed by atoms with Crippen LogP contribution in [-0.4, -0.2) is 44.3 Å². The fourth-order valence-corrected chi connectivity index (χ4v) is 5.17. The van der Waals surface area contributed by atoms with Gasteiger partial charge >= 0.3 is 6.03 Å². The van der Waals surface area contributed by atoms with Crippen LogP contribution in [0, 0.1) is 5.92 Å². The smallest absolute Gasteiger partial charge is 0.344 e. The van der Waals surface area contributed by atoms with Crippen molar-refractivity contribution in [1.29, 1.82) is 0 Å². The molecule has 1 aliphatic heterocycles. The van der Waals surface area contributed by atoms with Gasteiger partial charge in [-0.25, -0.2) is 4.79 Å². The average molecular weight is 450 g/mol. The molecule has 3 heterocycles. The second-order valence-corrected chi connectivity index (χ2v) is 9.92. The maximum absolute atomic E-state index is 12.3. The number of hydrazine groups is 1. The first-order valence-corrected chi connectivity index (χ1v) is 11.6. The van der Waals surface area contributed by atoms with E-state index >= 15 is 0 Å². The molecule has 2 aliphatic rings. The summed E-state index contributed by atoms with van der Waals surface area (Å²) in [6.07, 6.45) is 3.77. The van der Waals surface area contributed by atoms with E-state index in [2.05, 4.69) is 33.9 Å². The summed E-state index contributed by atoms with van der Waals surface area (Å²) in [5, 5.41) is 11.7. The highest BCUT2D eigenvalue weighted by atomic mass is 32.2. The molecule has 1 fully saturated rings. The van der Waals surface area contributed by atoms with Crippen molar-refractivity contribution in [2.45, 2.75) is 57.2 Å². The van der Waals surface area contributed by atoms with Crippen molar-refractivity contribution in [3.8, 4) is 10.8 Å². The Kier molecular flexibility index (Phi) is 5.58. The third-order valence-corrected chi connectivity index (χ3v) is 7.52. The zero-order valence-electron chi connectivity index (χ0n) is 17.0. The van der Waals surface area contributed by atoms with Gasteiger partial charge in [-0.05, 0) is 50.2 Å². The Hall–Kier alpha value is -2.40. The summed E-state index contributed by atoms with van der Waals surface area (Å²) in [6.45, 7) is 5.67. The predicted octanol–water partition coefficient (Wildman–Crippen LogP) is 2.77. The molecule has 1 saturated heterocycles. The lowest BCUT2D eigenvalue weighted by Gasteiger charge is -2.19.